The Labute approximate surface area is 155 Å². The predicted octanol–water partition coefficient (Wildman–Crippen LogP) is 2.65. The lowest BCUT2D eigenvalue weighted by atomic mass is 10.0. The standard InChI is InChI=1S/C16H18BrN5O.ClH/c17-13-14(10-3-4-10)20-21-15(13)16(23)22-7-6-19-9-12(22)11-2-1-5-18-8-11;/h1-2,5,8,10,12,19H,3-4,6-7,9H2,(H,20,21);1H. The van der Waals surface area contributed by atoms with Crippen molar-refractivity contribution in [1.82, 2.24) is 25.4 Å². The van der Waals surface area contributed by atoms with Crippen LogP contribution in [-0.4, -0.2) is 45.6 Å². The lowest BCUT2D eigenvalue weighted by molar-refractivity contribution is 0.0627. The first-order valence-electron chi connectivity index (χ1n) is 7.91. The van der Waals surface area contributed by atoms with E-state index < -0.39 is 0 Å². The molecule has 24 heavy (non-hydrogen) atoms. The molecule has 3 heterocycles. The SMILES string of the molecule is Cl.O=C(c1n[nH]c(C2CC2)c1Br)N1CCNCC1c1cccnc1. The Morgan fingerprint density at radius 1 is 1.38 bits per heavy atom. The molecule has 2 aromatic rings. The van der Waals surface area contributed by atoms with E-state index in [1.165, 1.54) is 12.8 Å². The Morgan fingerprint density at radius 3 is 2.92 bits per heavy atom. The monoisotopic (exact) mass is 411 g/mol. The molecule has 8 heteroatoms. The Bertz CT molecular complexity index is 719. The molecule has 2 N–H and O–H groups in total. The molecule has 1 amide bonds. The van der Waals surface area contributed by atoms with Crippen LogP contribution in [-0.2, 0) is 0 Å². The molecular weight excluding hydrogens is 394 g/mol. The second-order valence-corrected chi connectivity index (χ2v) is 6.87. The van der Waals surface area contributed by atoms with Crippen LogP contribution in [0.2, 0.25) is 0 Å². The third kappa shape index (κ3) is 3.20. The van der Waals surface area contributed by atoms with Crippen LogP contribution in [0.15, 0.2) is 29.0 Å². The van der Waals surface area contributed by atoms with Crippen molar-refractivity contribution in [2.75, 3.05) is 19.6 Å². The molecule has 1 atom stereocenters. The average Bonchev–Trinajstić information content (AvgIpc) is 3.37. The first-order chi connectivity index (χ1) is 11.3. The number of H-pyrrole nitrogens is 1. The number of hydrogen-bond acceptors (Lipinski definition) is 4. The molecule has 2 aromatic heterocycles. The van der Waals surface area contributed by atoms with Crippen LogP contribution in [0.25, 0.3) is 0 Å². The molecule has 2 aliphatic rings. The zero-order valence-corrected chi connectivity index (χ0v) is 15.4. The fourth-order valence-electron chi connectivity index (χ4n) is 3.08. The Hall–Kier alpha value is -1.44. The van der Waals surface area contributed by atoms with Crippen molar-refractivity contribution < 1.29 is 4.79 Å². The molecule has 1 aliphatic heterocycles. The van der Waals surface area contributed by atoms with Gasteiger partial charge in [0.2, 0.25) is 0 Å². The Morgan fingerprint density at radius 2 is 2.21 bits per heavy atom. The summed E-state index contributed by atoms with van der Waals surface area (Å²) in [4.78, 5) is 19.1. The van der Waals surface area contributed by atoms with Gasteiger partial charge in [-0.3, -0.25) is 14.9 Å². The lowest BCUT2D eigenvalue weighted by Gasteiger charge is -2.36. The molecule has 1 saturated heterocycles. The zero-order chi connectivity index (χ0) is 15.8. The van der Waals surface area contributed by atoms with Crippen molar-refractivity contribution in [2.45, 2.75) is 24.8 Å². The van der Waals surface area contributed by atoms with E-state index in [1.54, 1.807) is 6.20 Å². The van der Waals surface area contributed by atoms with Crippen LogP contribution in [0.1, 0.15) is 46.5 Å². The van der Waals surface area contributed by atoms with Gasteiger partial charge >= 0.3 is 0 Å². The van der Waals surface area contributed by atoms with Crippen LogP contribution in [0, 0.1) is 0 Å². The van der Waals surface area contributed by atoms with Crippen molar-refractivity contribution in [1.29, 1.82) is 0 Å². The number of pyridine rings is 1. The van der Waals surface area contributed by atoms with Gasteiger partial charge in [0, 0.05) is 37.9 Å². The van der Waals surface area contributed by atoms with E-state index in [4.69, 9.17) is 0 Å². The summed E-state index contributed by atoms with van der Waals surface area (Å²) < 4.78 is 0.827. The number of carbonyl (C=O) groups excluding carboxylic acids is 1. The molecule has 0 spiro atoms. The van der Waals surface area contributed by atoms with Crippen molar-refractivity contribution in [3.8, 4) is 0 Å². The van der Waals surface area contributed by atoms with E-state index in [2.05, 4.69) is 36.4 Å². The van der Waals surface area contributed by atoms with Crippen LogP contribution < -0.4 is 5.32 Å². The molecule has 0 radical (unpaired) electrons. The maximum absolute atomic E-state index is 13.0. The summed E-state index contributed by atoms with van der Waals surface area (Å²) in [5.74, 6) is 0.492. The predicted molar refractivity (Wildman–Crippen MR) is 96.4 cm³/mol. The van der Waals surface area contributed by atoms with E-state index in [0.717, 1.165) is 28.8 Å². The van der Waals surface area contributed by atoms with Gasteiger partial charge in [-0.05, 0) is 40.4 Å². The number of amides is 1. The third-order valence-electron chi connectivity index (χ3n) is 4.49. The lowest BCUT2D eigenvalue weighted by Crippen LogP contribution is -2.48. The number of halogens is 2. The van der Waals surface area contributed by atoms with E-state index >= 15 is 0 Å². The van der Waals surface area contributed by atoms with Gasteiger partial charge in [-0.15, -0.1) is 12.4 Å². The van der Waals surface area contributed by atoms with Crippen LogP contribution >= 0.6 is 28.3 Å². The van der Waals surface area contributed by atoms with Crippen molar-refractivity contribution >= 4 is 34.2 Å². The summed E-state index contributed by atoms with van der Waals surface area (Å²) in [5.41, 5.74) is 2.59. The minimum absolute atomic E-state index is 0. The van der Waals surface area contributed by atoms with Gasteiger partial charge in [0.15, 0.2) is 5.69 Å². The van der Waals surface area contributed by atoms with Gasteiger partial charge in [-0.25, -0.2) is 0 Å². The van der Waals surface area contributed by atoms with Gasteiger partial charge < -0.3 is 10.2 Å². The number of nitrogens with zero attached hydrogens (tertiary/aromatic N) is 3. The highest BCUT2D eigenvalue weighted by atomic mass is 79.9. The summed E-state index contributed by atoms with van der Waals surface area (Å²) in [6.45, 7) is 2.19. The smallest absolute Gasteiger partial charge is 0.276 e. The molecule has 128 valence electrons. The number of aromatic amines is 1. The molecule has 1 saturated carbocycles. The van der Waals surface area contributed by atoms with Crippen molar-refractivity contribution in [3.05, 3.63) is 46.0 Å². The Kier molecular flexibility index (Phi) is 5.22. The van der Waals surface area contributed by atoms with Crippen LogP contribution in [0.5, 0.6) is 0 Å². The van der Waals surface area contributed by atoms with Crippen LogP contribution in [0.3, 0.4) is 0 Å². The number of carbonyl (C=O) groups is 1. The molecule has 1 unspecified atom stereocenters. The molecule has 4 rings (SSSR count). The first kappa shape index (κ1) is 17.4. The fraction of sp³-hybridized carbons (Fsp3) is 0.438. The maximum atomic E-state index is 13.0. The van der Waals surface area contributed by atoms with Gasteiger partial charge in [0.1, 0.15) is 0 Å². The van der Waals surface area contributed by atoms with E-state index in [9.17, 15) is 4.79 Å². The second-order valence-electron chi connectivity index (χ2n) is 6.08. The minimum atomic E-state index is -0.0321. The van der Waals surface area contributed by atoms with Crippen molar-refractivity contribution in [3.63, 3.8) is 0 Å². The minimum Gasteiger partial charge on any atom is -0.328 e. The van der Waals surface area contributed by atoms with E-state index in [-0.39, 0.29) is 24.4 Å². The molecule has 1 aliphatic carbocycles. The number of nitrogens with one attached hydrogen (secondary N) is 2. The summed E-state index contributed by atoms with van der Waals surface area (Å²) >= 11 is 3.57. The zero-order valence-electron chi connectivity index (χ0n) is 13.0. The summed E-state index contributed by atoms with van der Waals surface area (Å²) in [5, 5.41) is 10.7. The van der Waals surface area contributed by atoms with E-state index in [1.807, 2.05) is 23.2 Å². The first-order valence-corrected chi connectivity index (χ1v) is 8.70. The molecule has 0 bridgehead atoms. The van der Waals surface area contributed by atoms with Crippen LogP contribution in [0.4, 0.5) is 0 Å². The number of piperazine rings is 1. The second kappa shape index (κ2) is 7.21. The van der Waals surface area contributed by atoms with Gasteiger partial charge in [-0.2, -0.15) is 5.10 Å². The third-order valence-corrected chi connectivity index (χ3v) is 5.30. The Balaban J connectivity index is 0.00000169. The molecule has 6 nitrogen and oxygen atoms in total. The topological polar surface area (TPSA) is 73.9 Å². The normalized spacial score (nSPS) is 20.5. The quantitative estimate of drug-likeness (QED) is 0.813. The maximum Gasteiger partial charge on any atom is 0.276 e. The van der Waals surface area contributed by atoms with E-state index in [0.29, 0.717) is 18.2 Å². The van der Waals surface area contributed by atoms with Gasteiger partial charge in [-0.1, -0.05) is 6.07 Å². The average molecular weight is 413 g/mol. The number of hydrogen-bond donors (Lipinski definition) is 2. The highest BCUT2D eigenvalue weighted by molar-refractivity contribution is 9.10. The van der Waals surface area contributed by atoms with Crippen molar-refractivity contribution in [2.24, 2.45) is 0 Å². The van der Waals surface area contributed by atoms with Gasteiger partial charge in [0.05, 0.1) is 16.2 Å². The highest BCUT2D eigenvalue weighted by Gasteiger charge is 2.34. The summed E-state index contributed by atoms with van der Waals surface area (Å²) in [6, 6.07) is 3.90. The molecule has 0 aromatic carbocycles. The van der Waals surface area contributed by atoms with Gasteiger partial charge in [0.25, 0.3) is 5.91 Å². The highest BCUT2D eigenvalue weighted by Crippen LogP contribution is 2.43. The number of aromatic nitrogens is 3. The fourth-order valence-corrected chi connectivity index (χ4v) is 3.75. The molecular formula is C16H19BrClN5O. The summed E-state index contributed by atoms with van der Waals surface area (Å²) in [7, 11) is 0. The largest absolute Gasteiger partial charge is 0.328 e. The molecule has 2 fully saturated rings. The summed E-state index contributed by atoms with van der Waals surface area (Å²) in [6.07, 6.45) is 5.91. The number of rotatable bonds is 3.